The van der Waals surface area contributed by atoms with Crippen LogP contribution in [0.3, 0.4) is 0 Å². The molecule has 2 rings (SSSR count). The molecule has 0 saturated heterocycles. The number of aromatic nitrogens is 2. The van der Waals surface area contributed by atoms with Crippen molar-refractivity contribution < 1.29 is 14.3 Å². The molecular weight excluding hydrogens is 246 g/mol. The van der Waals surface area contributed by atoms with Gasteiger partial charge in [-0.25, -0.2) is 0 Å². The molecular formula is C13H17N3O3. The predicted octanol–water partition coefficient (Wildman–Crippen LogP) is 1.25. The number of rotatable bonds is 6. The van der Waals surface area contributed by atoms with E-state index < -0.39 is 0 Å². The first kappa shape index (κ1) is 13.4. The standard InChI is InChI=1S/C13H17N3O3/c1-16(2)10-4-3-5-11(8-10)18-9-13-15-14-12(19-13)6-7-17/h3-5,8,17H,6-7,9H2,1-2H3. The minimum Gasteiger partial charge on any atom is -0.484 e. The van der Waals surface area contributed by atoms with E-state index in [0.29, 0.717) is 18.2 Å². The van der Waals surface area contributed by atoms with E-state index in [1.807, 2.05) is 43.3 Å². The van der Waals surface area contributed by atoms with Crippen molar-refractivity contribution in [3.63, 3.8) is 0 Å². The molecule has 0 fully saturated rings. The van der Waals surface area contributed by atoms with Gasteiger partial charge in [0.1, 0.15) is 5.75 Å². The smallest absolute Gasteiger partial charge is 0.253 e. The topological polar surface area (TPSA) is 71.6 Å². The maximum Gasteiger partial charge on any atom is 0.253 e. The molecule has 0 unspecified atom stereocenters. The summed E-state index contributed by atoms with van der Waals surface area (Å²) >= 11 is 0. The number of aliphatic hydroxyl groups is 1. The fourth-order valence-corrected chi connectivity index (χ4v) is 1.54. The number of ether oxygens (including phenoxy) is 1. The Labute approximate surface area is 111 Å². The fourth-order valence-electron chi connectivity index (χ4n) is 1.54. The highest BCUT2D eigenvalue weighted by molar-refractivity contribution is 5.49. The zero-order valence-corrected chi connectivity index (χ0v) is 11.0. The third-order valence-electron chi connectivity index (χ3n) is 2.53. The summed E-state index contributed by atoms with van der Waals surface area (Å²) in [7, 11) is 3.94. The normalized spacial score (nSPS) is 10.5. The van der Waals surface area contributed by atoms with Gasteiger partial charge in [-0.3, -0.25) is 0 Å². The molecule has 0 spiro atoms. The first-order valence-electron chi connectivity index (χ1n) is 6.01. The van der Waals surface area contributed by atoms with Gasteiger partial charge in [0.15, 0.2) is 6.61 Å². The lowest BCUT2D eigenvalue weighted by atomic mass is 10.3. The minimum absolute atomic E-state index is 0.00658. The molecule has 6 heteroatoms. The summed E-state index contributed by atoms with van der Waals surface area (Å²) in [5.41, 5.74) is 1.06. The third kappa shape index (κ3) is 3.69. The Bertz CT molecular complexity index is 525. The molecule has 2 aromatic rings. The first-order chi connectivity index (χ1) is 9.19. The van der Waals surface area contributed by atoms with Crippen molar-refractivity contribution in [2.75, 3.05) is 25.6 Å². The molecule has 0 radical (unpaired) electrons. The van der Waals surface area contributed by atoms with Crippen LogP contribution in [-0.2, 0) is 13.0 Å². The van der Waals surface area contributed by atoms with E-state index in [9.17, 15) is 0 Å². The van der Waals surface area contributed by atoms with Crippen molar-refractivity contribution in [1.29, 1.82) is 0 Å². The molecule has 1 N–H and O–H groups in total. The Morgan fingerprint density at radius 3 is 2.79 bits per heavy atom. The lowest BCUT2D eigenvalue weighted by molar-refractivity contribution is 0.250. The van der Waals surface area contributed by atoms with E-state index in [1.165, 1.54) is 0 Å². The summed E-state index contributed by atoms with van der Waals surface area (Å²) in [6.07, 6.45) is 0.364. The molecule has 102 valence electrons. The number of hydrogen-bond donors (Lipinski definition) is 1. The number of hydrogen-bond acceptors (Lipinski definition) is 6. The quantitative estimate of drug-likeness (QED) is 0.845. The second-order valence-corrected chi connectivity index (χ2v) is 4.24. The van der Waals surface area contributed by atoms with Crippen LogP contribution in [-0.4, -0.2) is 36.0 Å². The molecule has 0 aliphatic heterocycles. The van der Waals surface area contributed by atoms with E-state index in [2.05, 4.69) is 10.2 Å². The molecule has 1 heterocycles. The molecule has 6 nitrogen and oxygen atoms in total. The lowest BCUT2D eigenvalue weighted by Gasteiger charge is -2.13. The lowest BCUT2D eigenvalue weighted by Crippen LogP contribution is -2.08. The Morgan fingerprint density at radius 1 is 1.26 bits per heavy atom. The van der Waals surface area contributed by atoms with Crippen molar-refractivity contribution in [2.24, 2.45) is 0 Å². The van der Waals surface area contributed by atoms with Gasteiger partial charge in [-0.1, -0.05) is 6.07 Å². The van der Waals surface area contributed by atoms with E-state index in [4.69, 9.17) is 14.3 Å². The van der Waals surface area contributed by atoms with Gasteiger partial charge in [-0.15, -0.1) is 10.2 Å². The Kier molecular flexibility index (Phi) is 4.35. The van der Waals surface area contributed by atoms with Crippen LogP contribution in [0.1, 0.15) is 11.8 Å². The maximum absolute atomic E-state index is 8.76. The third-order valence-corrected chi connectivity index (χ3v) is 2.53. The Morgan fingerprint density at radius 2 is 2.05 bits per heavy atom. The number of aliphatic hydroxyl groups excluding tert-OH is 1. The van der Waals surface area contributed by atoms with Gasteiger partial charge < -0.3 is 19.2 Å². The molecule has 0 aliphatic carbocycles. The SMILES string of the molecule is CN(C)c1cccc(OCc2nnc(CCO)o2)c1. The van der Waals surface area contributed by atoms with Crippen molar-refractivity contribution in [3.8, 4) is 5.75 Å². The maximum atomic E-state index is 8.76. The van der Waals surface area contributed by atoms with E-state index >= 15 is 0 Å². The van der Waals surface area contributed by atoms with Crippen LogP contribution in [0.5, 0.6) is 5.75 Å². The summed E-state index contributed by atoms with van der Waals surface area (Å²) in [6.45, 7) is 0.211. The molecule has 19 heavy (non-hydrogen) atoms. The van der Waals surface area contributed by atoms with E-state index in [-0.39, 0.29) is 13.2 Å². The zero-order chi connectivity index (χ0) is 13.7. The molecule has 0 aliphatic rings. The minimum atomic E-state index is -0.00658. The highest BCUT2D eigenvalue weighted by Crippen LogP contribution is 2.20. The summed E-state index contributed by atoms with van der Waals surface area (Å²) in [4.78, 5) is 2.00. The van der Waals surface area contributed by atoms with Crippen LogP contribution >= 0.6 is 0 Å². The monoisotopic (exact) mass is 263 g/mol. The van der Waals surface area contributed by atoms with Gasteiger partial charge in [0.25, 0.3) is 5.89 Å². The molecule has 0 amide bonds. The van der Waals surface area contributed by atoms with Crippen LogP contribution in [0.4, 0.5) is 5.69 Å². The first-order valence-corrected chi connectivity index (χ1v) is 6.01. The van der Waals surface area contributed by atoms with Crippen molar-refractivity contribution in [2.45, 2.75) is 13.0 Å². The zero-order valence-electron chi connectivity index (χ0n) is 11.0. The largest absolute Gasteiger partial charge is 0.484 e. The second kappa shape index (κ2) is 6.19. The molecule has 0 atom stereocenters. The highest BCUT2D eigenvalue weighted by Gasteiger charge is 2.06. The Balaban J connectivity index is 1.95. The number of anilines is 1. The number of benzene rings is 1. The molecule has 0 saturated carbocycles. The average molecular weight is 263 g/mol. The van der Waals surface area contributed by atoms with E-state index in [0.717, 1.165) is 11.4 Å². The van der Waals surface area contributed by atoms with E-state index in [1.54, 1.807) is 0 Å². The molecule has 1 aromatic heterocycles. The summed E-state index contributed by atoms with van der Waals surface area (Å²) in [5.74, 6) is 1.56. The highest BCUT2D eigenvalue weighted by atomic mass is 16.5. The summed E-state index contributed by atoms with van der Waals surface area (Å²) in [6, 6.07) is 7.73. The average Bonchev–Trinajstić information content (AvgIpc) is 2.85. The van der Waals surface area contributed by atoms with Gasteiger partial charge in [-0.05, 0) is 12.1 Å². The number of nitrogens with zero attached hydrogens (tertiary/aromatic N) is 3. The van der Waals surface area contributed by atoms with Crippen LogP contribution in [0, 0.1) is 0 Å². The van der Waals surface area contributed by atoms with Crippen LogP contribution in [0.15, 0.2) is 28.7 Å². The molecule has 0 bridgehead atoms. The van der Waals surface area contributed by atoms with Crippen molar-refractivity contribution in [1.82, 2.24) is 10.2 Å². The van der Waals surface area contributed by atoms with Gasteiger partial charge >= 0.3 is 0 Å². The second-order valence-electron chi connectivity index (χ2n) is 4.24. The van der Waals surface area contributed by atoms with Crippen LogP contribution < -0.4 is 9.64 Å². The van der Waals surface area contributed by atoms with Gasteiger partial charge in [0.2, 0.25) is 5.89 Å². The fraction of sp³-hybridized carbons (Fsp3) is 0.385. The van der Waals surface area contributed by atoms with Crippen LogP contribution in [0.25, 0.3) is 0 Å². The van der Waals surface area contributed by atoms with Gasteiger partial charge in [0, 0.05) is 32.3 Å². The summed E-state index contributed by atoms with van der Waals surface area (Å²) < 4.78 is 10.9. The summed E-state index contributed by atoms with van der Waals surface area (Å²) in [5, 5.41) is 16.4. The Hall–Kier alpha value is -2.08. The van der Waals surface area contributed by atoms with Crippen LogP contribution in [0.2, 0.25) is 0 Å². The van der Waals surface area contributed by atoms with Gasteiger partial charge in [0.05, 0.1) is 6.61 Å². The molecule has 1 aromatic carbocycles. The predicted molar refractivity (Wildman–Crippen MR) is 70.2 cm³/mol. The van der Waals surface area contributed by atoms with Crippen molar-refractivity contribution in [3.05, 3.63) is 36.0 Å². The van der Waals surface area contributed by atoms with Crippen molar-refractivity contribution >= 4 is 5.69 Å². The van der Waals surface area contributed by atoms with Gasteiger partial charge in [-0.2, -0.15) is 0 Å².